The molecule has 0 radical (unpaired) electrons. The first-order chi connectivity index (χ1) is 6.52. The van der Waals surface area contributed by atoms with Gasteiger partial charge in [0, 0.05) is 25.4 Å². The maximum atomic E-state index is 11.4. The Kier molecular flexibility index (Phi) is 3.51. The number of carbonyl (C=O) groups is 3. The lowest BCUT2D eigenvalue weighted by Gasteiger charge is -2.13. The van der Waals surface area contributed by atoms with Crippen LogP contribution in [0.4, 0.5) is 4.79 Å². The van der Waals surface area contributed by atoms with Gasteiger partial charge in [0.15, 0.2) is 0 Å². The molecule has 0 saturated carbocycles. The Balaban J connectivity index is 2.41. The van der Waals surface area contributed by atoms with E-state index in [0.29, 0.717) is 0 Å². The molecule has 14 heavy (non-hydrogen) atoms. The number of hydrogen-bond acceptors (Lipinski definition) is 3. The third kappa shape index (κ3) is 2.47. The molecule has 5 nitrogen and oxygen atoms in total. The van der Waals surface area contributed by atoms with Crippen LogP contribution < -0.4 is 5.32 Å². The van der Waals surface area contributed by atoms with Gasteiger partial charge in [-0.1, -0.05) is 19.6 Å². The lowest BCUT2D eigenvalue weighted by atomic mass is 10.1. The molecule has 3 amide bonds. The van der Waals surface area contributed by atoms with Crippen LogP contribution in [0, 0.1) is 5.92 Å². The molecular weight excluding hydrogens is 204 g/mol. The van der Waals surface area contributed by atoms with Crippen molar-refractivity contribution in [3.63, 3.8) is 0 Å². The van der Waals surface area contributed by atoms with E-state index in [1.54, 1.807) is 6.92 Å². The highest BCUT2D eigenvalue weighted by atomic mass is 32.1. The normalized spacial score (nSPS) is 21.6. The van der Waals surface area contributed by atoms with Gasteiger partial charge in [-0.2, -0.15) is 0 Å². The molecule has 0 aromatic heterocycles. The summed E-state index contributed by atoms with van der Waals surface area (Å²) >= 11 is 3.50. The Bertz CT molecular complexity index is 280. The number of rotatable bonds is 3. The molecule has 1 unspecified atom stereocenters. The third-order valence-corrected chi connectivity index (χ3v) is 2.24. The van der Waals surface area contributed by atoms with Crippen LogP contribution in [-0.4, -0.2) is 35.0 Å². The average Bonchev–Trinajstić information content (AvgIpc) is 2.31. The Morgan fingerprint density at radius 2 is 2.29 bits per heavy atom. The smallest absolute Gasteiger partial charge is 0.276 e. The van der Waals surface area contributed by atoms with E-state index in [2.05, 4.69) is 17.9 Å². The van der Waals surface area contributed by atoms with Crippen LogP contribution in [0.3, 0.4) is 0 Å². The molecule has 0 bridgehead atoms. The van der Waals surface area contributed by atoms with E-state index in [-0.39, 0.29) is 37.2 Å². The van der Waals surface area contributed by atoms with Crippen molar-refractivity contribution >= 4 is 29.7 Å². The number of carbonyl (C=O) groups excluding carboxylic acids is 3. The largest absolute Gasteiger partial charge is 0.345 e. The molecule has 0 aromatic carbocycles. The van der Waals surface area contributed by atoms with Crippen molar-refractivity contribution in [1.82, 2.24) is 10.2 Å². The van der Waals surface area contributed by atoms with E-state index in [4.69, 9.17) is 0 Å². The van der Waals surface area contributed by atoms with Crippen LogP contribution in [0.5, 0.6) is 0 Å². The summed E-state index contributed by atoms with van der Waals surface area (Å²) < 4.78 is 0. The number of imide groups is 1. The van der Waals surface area contributed by atoms with Gasteiger partial charge in [-0.15, -0.1) is 0 Å². The zero-order chi connectivity index (χ0) is 10.7. The number of likely N-dealkylation sites (tertiary alicyclic amines) is 1. The fraction of sp³-hybridized carbons (Fsp3) is 0.625. The maximum absolute atomic E-state index is 11.4. The minimum atomic E-state index is -0.461. The summed E-state index contributed by atoms with van der Waals surface area (Å²) in [6.45, 7) is 2.21. The Morgan fingerprint density at radius 3 is 2.71 bits per heavy atom. The summed E-state index contributed by atoms with van der Waals surface area (Å²) in [6, 6.07) is 0. The number of hydrogen-bond donors (Lipinski definition) is 2. The predicted molar refractivity (Wildman–Crippen MR) is 52.9 cm³/mol. The van der Waals surface area contributed by atoms with Gasteiger partial charge >= 0.3 is 0 Å². The fourth-order valence-electron chi connectivity index (χ4n) is 1.36. The van der Waals surface area contributed by atoms with Crippen molar-refractivity contribution in [3.8, 4) is 0 Å². The van der Waals surface area contributed by atoms with Crippen molar-refractivity contribution in [3.05, 3.63) is 0 Å². The summed E-state index contributed by atoms with van der Waals surface area (Å²) in [4.78, 5) is 34.2. The Morgan fingerprint density at radius 1 is 1.64 bits per heavy atom. The lowest BCUT2D eigenvalue weighted by molar-refractivity contribution is -0.139. The molecule has 0 spiro atoms. The predicted octanol–water partition coefficient (Wildman–Crippen LogP) is 0.0208. The van der Waals surface area contributed by atoms with Crippen LogP contribution >= 0.6 is 12.6 Å². The van der Waals surface area contributed by atoms with E-state index in [1.807, 2.05) is 0 Å². The third-order valence-electron chi connectivity index (χ3n) is 2.08. The van der Waals surface area contributed by atoms with Crippen LogP contribution in [0.25, 0.3) is 0 Å². The second kappa shape index (κ2) is 4.45. The van der Waals surface area contributed by atoms with Gasteiger partial charge in [0.05, 0.1) is 0 Å². The summed E-state index contributed by atoms with van der Waals surface area (Å²) in [5.74, 6) is -0.562. The van der Waals surface area contributed by atoms with Crippen LogP contribution in [0.1, 0.15) is 13.3 Å². The Labute approximate surface area is 87.2 Å². The lowest BCUT2D eigenvalue weighted by Crippen LogP contribution is -2.37. The number of amides is 3. The average molecular weight is 216 g/mol. The van der Waals surface area contributed by atoms with Gasteiger partial charge in [0.1, 0.15) is 0 Å². The van der Waals surface area contributed by atoms with Crippen LogP contribution in [0.2, 0.25) is 0 Å². The highest BCUT2D eigenvalue weighted by molar-refractivity contribution is 7.96. The first-order valence-corrected chi connectivity index (χ1v) is 4.78. The summed E-state index contributed by atoms with van der Waals surface area (Å²) in [7, 11) is 0. The van der Waals surface area contributed by atoms with Gasteiger partial charge in [-0.05, 0) is 0 Å². The molecule has 1 rings (SSSR count). The highest BCUT2D eigenvalue weighted by Crippen LogP contribution is 2.17. The first-order valence-electron chi connectivity index (χ1n) is 4.33. The monoisotopic (exact) mass is 216 g/mol. The van der Waals surface area contributed by atoms with E-state index in [1.165, 1.54) is 4.90 Å². The van der Waals surface area contributed by atoms with Crippen molar-refractivity contribution in [2.24, 2.45) is 5.92 Å². The summed E-state index contributed by atoms with van der Waals surface area (Å²) in [6.07, 6.45) is 0.271. The molecule has 0 aromatic rings. The quantitative estimate of drug-likeness (QED) is 0.516. The molecular formula is C8H12N2O3S. The van der Waals surface area contributed by atoms with Crippen molar-refractivity contribution in [2.75, 3.05) is 13.1 Å². The zero-order valence-corrected chi connectivity index (χ0v) is 8.71. The molecule has 6 heteroatoms. The standard InChI is InChI=1S/C8H12N2O3S/c1-5-4-6(11)10(7(5)12)3-2-9-8(13)14/h5H,2-4H2,1H3,(H2,9,13,14). The first kappa shape index (κ1) is 11.0. The van der Waals surface area contributed by atoms with Gasteiger partial charge in [-0.3, -0.25) is 19.3 Å². The van der Waals surface area contributed by atoms with Crippen LogP contribution in [0.15, 0.2) is 0 Å². The molecule has 1 saturated heterocycles. The molecule has 1 fully saturated rings. The maximum Gasteiger partial charge on any atom is 0.276 e. The van der Waals surface area contributed by atoms with Crippen molar-refractivity contribution in [2.45, 2.75) is 13.3 Å². The topological polar surface area (TPSA) is 66.5 Å². The minimum Gasteiger partial charge on any atom is -0.345 e. The van der Waals surface area contributed by atoms with Gasteiger partial charge in [0.2, 0.25) is 11.8 Å². The summed E-state index contributed by atoms with van der Waals surface area (Å²) in [5.41, 5.74) is 0. The zero-order valence-electron chi connectivity index (χ0n) is 7.82. The second-order valence-corrected chi connectivity index (χ2v) is 3.63. The molecule has 1 aliphatic heterocycles. The number of nitrogens with zero attached hydrogens (tertiary/aromatic N) is 1. The van der Waals surface area contributed by atoms with Gasteiger partial charge < -0.3 is 5.32 Å². The number of thiol groups is 1. The van der Waals surface area contributed by atoms with E-state index in [9.17, 15) is 14.4 Å². The van der Waals surface area contributed by atoms with E-state index in [0.717, 1.165) is 0 Å². The SMILES string of the molecule is CC1CC(=O)N(CCNC(=O)S)C1=O. The van der Waals surface area contributed by atoms with Crippen molar-refractivity contribution in [1.29, 1.82) is 0 Å². The number of nitrogens with one attached hydrogen (secondary N) is 1. The van der Waals surface area contributed by atoms with Crippen molar-refractivity contribution < 1.29 is 14.4 Å². The molecule has 1 heterocycles. The second-order valence-electron chi connectivity index (χ2n) is 3.22. The minimum absolute atomic E-state index is 0.164. The van der Waals surface area contributed by atoms with Gasteiger partial charge in [0.25, 0.3) is 5.24 Å². The van der Waals surface area contributed by atoms with E-state index < -0.39 is 5.24 Å². The molecule has 78 valence electrons. The van der Waals surface area contributed by atoms with Gasteiger partial charge in [-0.25, -0.2) is 0 Å². The summed E-state index contributed by atoms with van der Waals surface area (Å²) in [5, 5.41) is 1.95. The van der Waals surface area contributed by atoms with Crippen LogP contribution in [-0.2, 0) is 9.59 Å². The van der Waals surface area contributed by atoms with E-state index >= 15 is 0 Å². The molecule has 1 N–H and O–H groups in total. The Hall–Kier alpha value is -1.04. The fourth-order valence-corrected chi connectivity index (χ4v) is 1.47. The molecule has 1 aliphatic rings. The molecule has 1 atom stereocenters. The highest BCUT2D eigenvalue weighted by Gasteiger charge is 2.34. The molecule has 0 aliphatic carbocycles.